The molecule has 20 heavy (non-hydrogen) atoms. The molecule has 0 spiro atoms. The lowest BCUT2D eigenvalue weighted by Gasteiger charge is -2.24. The van der Waals surface area contributed by atoms with Crippen molar-refractivity contribution in [1.29, 1.82) is 0 Å². The fourth-order valence-corrected chi connectivity index (χ4v) is 3.85. The first-order chi connectivity index (χ1) is 9.39. The van der Waals surface area contributed by atoms with Crippen molar-refractivity contribution < 1.29 is 18.3 Å². The summed E-state index contributed by atoms with van der Waals surface area (Å²) in [6.07, 6.45) is 0. The van der Waals surface area contributed by atoms with Crippen LogP contribution in [-0.4, -0.2) is 20.3 Å². The average molecular weight is 301 g/mol. The first kappa shape index (κ1) is 17.2. The Hall–Kier alpha value is -0.870. The molecule has 0 aromatic heterocycles. The van der Waals surface area contributed by atoms with E-state index in [1.165, 1.54) is 0 Å². The van der Waals surface area contributed by atoms with Crippen LogP contribution in [0.3, 0.4) is 0 Å². The van der Waals surface area contributed by atoms with Crippen LogP contribution in [0.4, 0.5) is 0 Å². The number of hydrogen-bond acceptors (Lipinski definition) is 5. The van der Waals surface area contributed by atoms with Gasteiger partial charge in [-0.05, 0) is 44.4 Å². The van der Waals surface area contributed by atoms with Gasteiger partial charge in [-0.15, -0.1) is 0 Å². The lowest BCUT2D eigenvalue weighted by Crippen LogP contribution is -2.15. The number of benzene rings is 1. The maximum Gasteiger partial charge on any atom is 0.351 e. The molecule has 0 heterocycles. The molecular formula is C14H24NO4P. The molecule has 0 aliphatic heterocycles. The molecule has 1 aromatic carbocycles. The van der Waals surface area contributed by atoms with Gasteiger partial charge in [-0.2, -0.15) is 0 Å². The largest absolute Gasteiger partial charge is 0.496 e. The molecule has 0 unspecified atom stereocenters. The highest BCUT2D eigenvalue weighted by atomic mass is 31.2. The summed E-state index contributed by atoms with van der Waals surface area (Å²) in [5, 5.41) is 0. The molecule has 0 aliphatic rings. The molecular weight excluding hydrogens is 277 g/mol. The number of rotatable bonds is 7. The van der Waals surface area contributed by atoms with Crippen LogP contribution < -0.4 is 10.5 Å². The van der Waals surface area contributed by atoms with E-state index in [1.54, 1.807) is 21.0 Å². The summed E-state index contributed by atoms with van der Waals surface area (Å²) >= 11 is 0. The van der Waals surface area contributed by atoms with E-state index < -0.39 is 13.4 Å². The van der Waals surface area contributed by atoms with Gasteiger partial charge < -0.3 is 19.5 Å². The number of ether oxygens (including phenoxy) is 1. The van der Waals surface area contributed by atoms with Crippen LogP contribution >= 0.6 is 7.60 Å². The predicted molar refractivity (Wildman–Crippen MR) is 80.3 cm³/mol. The highest BCUT2D eigenvalue weighted by molar-refractivity contribution is 7.54. The van der Waals surface area contributed by atoms with E-state index in [0.29, 0.717) is 13.2 Å². The van der Waals surface area contributed by atoms with Gasteiger partial charge >= 0.3 is 7.60 Å². The van der Waals surface area contributed by atoms with Gasteiger partial charge in [0.15, 0.2) is 0 Å². The third-order valence-electron chi connectivity index (χ3n) is 2.99. The van der Waals surface area contributed by atoms with Crippen molar-refractivity contribution >= 4 is 7.60 Å². The lowest BCUT2D eigenvalue weighted by atomic mass is 10.1. The van der Waals surface area contributed by atoms with Gasteiger partial charge in [0, 0.05) is 0 Å². The third kappa shape index (κ3) is 3.61. The number of methoxy groups -OCH3 is 1. The number of hydrogen-bond donors (Lipinski definition) is 1. The summed E-state index contributed by atoms with van der Waals surface area (Å²) in [5.41, 5.74) is 8.73. The zero-order valence-corrected chi connectivity index (χ0v) is 13.7. The van der Waals surface area contributed by atoms with Gasteiger partial charge in [0.2, 0.25) is 0 Å². The molecule has 0 amide bonds. The van der Waals surface area contributed by atoms with Crippen molar-refractivity contribution in [2.45, 2.75) is 33.5 Å². The Morgan fingerprint density at radius 3 is 1.95 bits per heavy atom. The molecule has 0 fully saturated rings. The van der Waals surface area contributed by atoms with Crippen LogP contribution in [0, 0.1) is 13.8 Å². The molecule has 1 rings (SSSR count). The Morgan fingerprint density at radius 1 is 1.15 bits per heavy atom. The van der Waals surface area contributed by atoms with Crippen LogP contribution in [0.15, 0.2) is 12.1 Å². The molecule has 2 N–H and O–H groups in total. The van der Waals surface area contributed by atoms with Gasteiger partial charge in [0.25, 0.3) is 0 Å². The highest BCUT2D eigenvalue weighted by Gasteiger charge is 2.34. The summed E-state index contributed by atoms with van der Waals surface area (Å²) in [7, 11) is -1.73. The molecule has 0 saturated heterocycles. The highest BCUT2D eigenvalue weighted by Crippen LogP contribution is 2.58. The Kier molecular flexibility index (Phi) is 6.21. The summed E-state index contributed by atoms with van der Waals surface area (Å²) in [5.74, 6) is 0.00862. The van der Waals surface area contributed by atoms with Crippen LogP contribution in [0.2, 0.25) is 0 Å². The maximum absolute atomic E-state index is 12.7. The Morgan fingerprint density at radius 2 is 1.60 bits per heavy atom. The summed E-state index contributed by atoms with van der Waals surface area (Å²) in [4.78, 5) is 0. The second-order valence-corrected chi connectivity index (χ2v) is 6.66. The second-order valence-electron chi connectivity index (χ2n) is 4.51. The minimum absolute atomic E-state index is 0.291. The number of aryl methyl sites for hydroxylation is 2. The Balaban J connectivity index is 3.19. The van der Waals surface area contributed by atoms with Crippen molar-refractivity contribution in [3.63, 3.8) is 0 Å². The van der Waals surface area contributed by atoms with Crippen LogP contribution in [-0.2, 0) is 13.6 Å². The minimum atomic E-state index is -3.36. The van der Waals surface area contributed by atoms with Crippen LogP contribution in [0.25, 0.3) is 0 Å². The molecule has 6 heteroatoms. The SMILES string of the molecule is CCOP(=O)(OCC)[C@H](N)c1cc(C)c(OC)c(C)c1. The summed E-state index contributed by atoms with van der Waals surface area (Å²) in [6, 6.07) is 3.72. The number of nitrogens with two attached hydrogens (primary N) is 1. The molecule has 0 aliphatic carbocycles. The van der Waals surface area contributed by atoms with Gasteiger partial charge in [-0.25, -0.2) is 0 Å². The molecule has 0 bridgehead atoms. The average Bonchev–Trinajstić information content (AvgIpc) is 2.38. The zero-order valence-electron chi connectivity index (χ0n) is 12.8. The minimum Gasteiger partial charge on any atom is -0.496 e. The van der Waals surface area contributed by atoms with E-state index >= 15 is 0 Å². The predicted octanol–water partition coefficient (Wildman–Crippen LogP) is 3.54. The first-order valence-electron chi connectivity index (χ1n) is 6.69. The fraction of sp³-hybridized carbons (Fsp3) is 0.571. The third-order valence-corrected chi connectivity index (χ3v) is 5.20. The molecule has 0 radical (unpaired) electrons. The summed E-state index contributed by atoms with van der Waals surface area (Å²) in [6.45, 7) is 7.96. The topological polar surface area (TPSA) is 70.8 Å². The maximum atomic E-state index is 12.7. The normalized spacial score (nSPS) is 13.3. The lowest BCUT2D eigenvalue weighted by molar-refractivity contribution is 0.212. The van der Waals surface area contributed by atoms with Crippen LogP contribution in [0.1, 0.15) is 36.3 Å². The van der Waals surface area contributed by atoms with Crippen molar-refractivity contribution in [2.75, 3.05) is 20.3 Å². The molecule has 1 aromatic rings. The van der Waals surface area contributed by atoms with E-state index in [4.69, 9.17) is 19.5 Å². The van der Waals surface area contributed by atoms with Crippen molar-refractivity contribution in [3.8, 4) is 5.75 Å². The first-order valence-corrected chi connectivity index (χ1v) is 8.30. The van der Waals surface area contributed by atoms with E-state index in [9.17, 15) is 4.57 Å². The van der Waals surface area contributed by atoms with Crippen molar-refractivity contribution in [3.05, 3.63) is 28.8 Å². The van der Waals surface area contributed by atoms with E-state index in [-0.39, 0.29) is 0 Å². The van der Waals surface area contributed by atoms with Crippen molar-refractivity contribution in [2.24, 2.45) is 5.73 Å². The van der Waals surface area contributed by atoms with E-state index in [2.05, 4.69) is 0 Å². The second kappa shape index (κ2) is 7.23. The summed E-state index contributed by atoms with van der Waals surface area (Å²) < 4.78 is 28.6. The van der Waals surface area contributed by atoms with Gasteiger partial charge in [-0.1, -0.05) is 12.1 Å². The van der Waals surface area contributed by atoms with E-state index in [1.807, 2.05) is 26.0 Å². The van der Waals surface area contributed by atoms with E-state index in [0.717, 1.165) is 22.4 Å². The van der Waals surface area contributed by atoms with Gasteiger partial charge in [0.05, 0.1) is 20.3 Å². The molecule has 1 atom stereocenters. The Labute approximate surface area is 120 Å². The molecule has 0 saturated carbocycles. The van der Waals surface area contributed by atoms with Crippen molar-refractivity contribution in [1.82, 2.24) is 0 Å². The quantitative estimate of drug-likeness (QED) is 0.780. The standard InChI is InChI=1S/C14H24NO4P/c1-6-18-20(16,19-7-2)14(15)12-8-10(3)13(17-5)11(4)9-12/h8-9,14H,6-7,15H2,1-5H3/t14-/m0/s1. The molecule has 114 valence electrons. The van der Waals surface area contributed by atoms with Gasteiger partial charge in [-0.3, -0.25) is 4.57 Å². The monoisotopic (exact) mass is 301 g/mol. The fourth-order valence-electron chi connectivity index (χ4n) is 2.22. The smallest absolute Gasteiger partial charge is 0.351 e. The van der Waals surface area contributed by atoms with Gasteiger partial charge in [0.1, 0.15) is 11.5 Å². The van der Waals surface area contributed by atoms with Crippen LogP contribution in [0.5, 0.6) is 5.75 Å². The molecule has 5 nitrogen and oxygen atoms in total. The Bertz CT molecular complexity index is 471. The zero-order chi connectivity index (χ0) is 15.3.